The average Bonchev–Trinajstić information content (AvgIpc) is 2.16. The molecule has 0 radical (unpaired) electrons. The van der Waals surface area contributed by atoms with Gasteiger partial charge in [-0.2, -0.15) is 13.2 Å². The Bertz CT molecular complexity index is 414. The molecule has 0 atom stereocenters. The number of hydrogen-bond donors (Lipinski definition) is 0. The lowest BCUT2D eigenvalue weighted by atomic mass is 9.96. The molecule has 0 unspecified atom stereocenters. The minimum atomic E-state index is -4.55. The Morgan fingerprint density at radius 1 is 1.27 bits per heavy atom. The lowest BCUT2D eigenvalue weighted by Gasteiger charge is -2.14. The van der Waals surface area contributed by atoms with Gasteiger partial charge in [0.05, 0.1) is 11.3 Å². The van der Waals surface area contributed by atoms with Crippen molar-refractivity contribution in [1.82, 2.24) is 9.97 Å². The molecule has 0 saturated carbocycles. The van der Waals surface area contributed by atoms with Gasteiger partial charge in [0, 0.05) is 12.6 Å². The maximum Gasteiger partial charge on any atom is 0.451 e. The first-order valence-corrected chi connectivity index (χ1v) is 4.45. The number of hydrogen-bond acceptors (Lipinski definition) is 3. The van der Waals surface area contributed by atoms with Gasteiger partial charge in [0.1, 0.15) is 0 Å². The SMILES string of the molecule is O=C1CCCc2nc(C(F)(F)F)ncc21. The zero-order valence-corrected chi connectivity index (χ0v) is 7.64. The van der Waals surface area contributed by atoms with E-state index in [0.717, 1.165) is 6.20 Å². The maximum atomic E-state index is 12.2. The molecule has 0 bridgehead atoms. The molecule has 1 aromatic heterocycles. The van der Waals surface area contributed by atoms with Gasteiger partial charge < -0.3 is 0 Å². The quantitative estimate of drug-likeness (QED) is 0.666. The minimum Gasteiger partial charge on any atom is -0.294 e. The monoisotopic (exact) mass is 216 g/mol. The molecule has 1 heterocycles. The minimum absolute atomic E-state index is 0.176. The highest BCUT2D eigenvalue weighted by Gasteiger charge is 2.35. The number of carbonyl (C=O) groups is 1. The summed E-state index contributed by atoms with van der Waals surface area (Å²) in [5.41, 5.74) is 0.447. The number of aromatic nitrogens is 2. The van der Waals surface area contributed by atoms with Crippen molar-refractivity contribution in [3.05, 3.63) is 23.3 Å². The topological polar surface area (TPSA) is 42.9 Å². The molecular weight excluding hydrogens is 209 g/mol. The molecule has 1 aliphatic rings. The summed E-state index contributed by atoms with van der Waals surface area (Å²) in [6.07, 6.45) is -2.24. The maximum absolute atomic E-state index is 12.2. The van der Waals surface area contributed by atoms with Crippen LogP contribution in [0.15, 0.2) is 6.20 Å². The molecule has 0 aliphatic heterocycles. The van der Waals surface area contributed by atoms with Gasteiger partial charge >= 0.3 is 6.18 Å². The van der Waals surface area contributed by atoms with E-state index >= 15 is 0 Å². The van der Waals surface area contributed by atoms with Crippen LogP contribution in [0.5, 0.6) is 0 Å². The lowest BCUT2D eigenvalue weighted by Crippen LogP contribution is -2.18. The fourth-order valence-electron chi connectivity index (χ4n) is 1.53. The molecule has 2 rings (SSSR count). The van der Waals surface area contributed by atoms with Crippen LogP contribution in [0.3, 0.4) is 0 Å². The van der Waals surface area contributed by atoms with Gasteiger partial charge in [-0.1, -0.05) is 0 Å². The third-order valence-corrected chi connectivity index (χ3v) is 2.24. The smallest absolute Gasteiger partial charge is 0.294 e. The molecule has 15 heavy (non-hydrogen) atoms. The second kappa shape index (κ2) is 3.29. The Morgan fingerprint density at radius 3 is 2.67 bits per heavy atom. The highest BCUT2D eigenvalue weighted by Crippen LogP contribution is 2.28. The summed E-state index contributed by atoms with van der Waals surface area (Å²) >= 11 is 0. The van der Waals surface area contributed by atoms with Crippen molar-refractivity contribution >= 4 is 5.78 Å². The van der Waals surface area contributed by atoms with Crippen LogP contribution in [0.2, 0.25) is 0 Å². The van der Waals surface area contributed by atoms with E-state index in [4.69, 9.17) is 0 Å². The van der Waals surface area contributed by atoms with Gasteiger partial charge in [0.2, 0.25) is 5.82 Å². The zero-order chi connectivity index (χ0) is 11.1. The van der Waals surface area contributed by atoms with Crippen LogP contribution in [0, 0.1) is 0 Å². The third-order valence-electron chi connectivity index (χ3n) is 2.24. The fourth-order valence-corrected chi connectivity index (χ4v) is 1.53. The lowest BCUT2D eigenvalue weighted by molar-refractivity contribution is -0.145. The van der Waals surface area contributed by atoms with Crippen molar-refractivity contribution < 1.29 is 18.0 Å². The van der Waals surface area contributed by atoms with Gasteiger partial charge in [-0.05, 0) is 12.8 Å². The van der Waals surface area contributed by atoms with Crippen LogP contribution in [-0.4, -0.2) is 15.8 Å². The van der Waals surface area contributed by atoms with Gasteiger partial charge in [-0.25, -0.2) is 9.97 Å². The number of carbonyl (C=O) groups excluding carboxylic acids is 1. The Morgan fingerprint density at radius 2 is 2.00 bits per heavy atom. The number of ketones is 1. The summed E-state index contributed by atoms with van der Waals surface area (Å²) < 4.78 is 36.7. The zero-order valence-electron chi connectivity index (χ0n) is 7.64. The van der Waals surface area contributed by atoms with E-state index < -0.39 is 12.0 Å². The number of nitrogens with zero attached hydrogens (tertiary/aromatic N) is 2. The number of Topliss-reactive ketones (excluding diaryl/α,β-unsaturated/α-hetero) is 1. The second-order valence-electron chi connectivity index (χ2n) is 3.33. The highest BCUT2D eigenvalue weighted by atomic mass is 19.4. The molecule has 80 valence electrons. The van der Waals surface area contributed by atoms with Crippen molar-refractivity contribution in [2.45, 2.75) is 25.4 Å². The number of halogens is 3. The molecule has 0 amide bonds. The van der Waals surface area contributed by atoms with E-state index in [9.17, 15) is 18.0 Å². The largest absolute Gasteiger partial charge is 0.451 e. The first-order valence-electron chi connectivity index (χ1n) is 4.45. The molecule has 1 aliphatic carbocycles. The standard InChI is InChI=1S/C9H7F3N2O/c10-9(11,12)8-13-4-5-6(14-8)2-1-3-7(5)15/h4H,1-3H2. The van der Waals surface area contributed by atoms with E-state index in [1.165, 1.54) is 0 Å². The van der Waals surface area contributed by atoms with Gasteiger partial charge in [0.25, 0.3) is 0 Å². The molecule has 0 spiro atoms. The number of alkyl halides is 3. The van der Waals surface area contributed by atoms with Gasteiger partial charge in [-0.3, -0.25) is 4.79 Å². The van der Waals surface area contributed by atoms with Crippen LogP contribution >= 0.6 is 0 Å². The molecule has 0 N–H and O–H groups in total. The molecule has 0 saturated heterocycles. The van der Waals surface area contributed by atoms with Gasteiger partial charge in [0.15, 0.2) is 5.78 Å². The molecule has 0 aromatic carbocycles. The number of fused-ring (bicyclic) bond motifs is 1. The van der Waals surface area contributed by atoms with Crippen molar-refractivity contribution in [3.63, 3.8) is 0 Å². The summed E-state index contributed by atoms with van der Waals surface area (Å²) in [6.45, 7) is 0. The molecule has 6 heteroatoms. The first kappa shape index (κ1) is 10.1. The molecule has 0 fully saturated rings. The Kier molecular flexibility index (Phi) is 2.21. The average molecular weight is 216 g/mol. The normalized spacial score (nSPS) is 16.3. The van der Waals surface area contributed by atoms with E-state index in [-0.39, 0.29) is 17.0 Å². The Labute approximate surface area is 83.3 Å². The third kappa shape index (κ3) is 1.84. The molecule has 3 nitrogen and oxygen atoms in total. The second-order valence-corrected chi connectivity index (χ2v) is 3.33. The fraction of sp³-hybridized carbons (Fsp3) is 0.444. The molecular formula is C9H7F3N2O. The van der Waals surface area contributed by atoms with E-state index in [1.807, 2.05) is 0 Å². The van der Waals surface area contributed by atoms with E-state index in [0.29, 0.717) is 19.3 Å². The van der Waals surface area contributed by atoms with Crippen molar-refractivity contribution in [1.29, 1.82) is 0 Å². The number of aryl methyl sites for hydroxylation is 1. The summed E-state index contributed by atoms with van der Waals surface area (Å²) in [7, 11) is 0. The van der Waals surface area contributed by atoms with Crippen LogP contribution in [0.1, 0.15) is 34.7 Å². The van der Waals surface area contributed by atoms with Crippen LogP contribution in [0.4, 0.5) is 13.2 Å². The van der Waals surface area contributed by atoms with Crippen LogP contribution in [0.25, 0.3) is 0 Å². The first-order chi connectivity index (χ1) is 6.98. The number of rotatable bonds is 0. The predicted molar refractivity (Wildman–Crippen MR) is 44.3 cm³/mol. The highest BCUT2D eigenvalue weighted by molar-refractivity contribution is 5.97. The van der Waals surface area contributed by atoms with Gasteiger partial charge in [-0.15, -0.1) is 0 Å². The summed E-state index contributed by atoms with van der Waals surface area (Å²) in [4.78, 5) is 17.8. The van der Waals surface area contributed by atoms with E-state index in [1.54, 1.807) is 0 Å². The van der Waals surface area contributed by atoms with Crippen molar-refractivity contribution in [3.8, 4) is 0 Å². The van der Waals surface area contributed by atoms with Crippen molar-refractivity contribution in [2.75, 3.05) is 0 Å². The summed E-state index contributed by atoms with van der Waals surface area (Å²) in [5.74, 6) is -1.35. The van der Waals surface area contributed by atoms with E-state index in [2.05, 4.69) is 9.97 Å². The Balaban J connectivity index is 2.46. The summed E-state index contributed by atoms with van der Waals surface area (Å²) in [5, 5.41) is 0. The predicted octanol–water partition coefficient (Wildman–Crippen LogP) is 2.01. The van der Waals surface area contributed by atoms with Crippen molar-refractivity contribution in [2.24, 2.45) is 0 Å². The molecule has 1 aromatic rings. The summed E-state index contributed by atoms with van der Waals surface area (Å²) in [6, 6.07) is 0. The van der Waals surface area contributed by atoms with Crippen LogP contribution < -0.4 is 0 Å². The Hall–Kier alpha value is -1.46. The van der Waals surface area contributed by atoms with Crippen LogP contribution in [-0.2, 0) is 12.6 Å².